The molecule has 0 saturated heterocycles. The lowest BCUT2D eigenvalue weighted by Gasteiger charge is -2.21. The van der Waals surface area contributed by atoms with Gasteiger partial charge in [0.2, 0.25) is 0 Å². The van der Waals surface area contributed by atoms with E-state index >= 15 is 0 Å². The van der Waals surface area contributed by atoms with Gasteiger partial charge in [0, 0.05) is 0 Å². The molecule has 1 fully saturated rings. The first-order valence-corrected chi connectivity index (χ1v) is 8.20. The van der Waals surface area contributed by atoms with Crippen molar-refractivity contribution in [2.75, 3.05) is 13.2 Å². The lowest BCUT2D eigenvalue weighted by atomic mass is 10.0. The summed E-state index contributed by atoms with van der Waals surface area (Å²) in [5.74, 6) is 0. The van der Waals surface area contributed by atoms with E-state index in [1.807, 2.05) is 0 Å². The van der Waals surface area contributed by atoms with Crippen LogP contribution in [0.1, 0.15) is 44.2 Å². The molecule has 1 atom stereocenters. The second-order valence-corrected chi connectivity index (χ2v) is 5.96. The van der Waals surface area contributed by atoms with Gasteiger partial charge in [0.1, 0.15) is 0 Å². The molecule has 2 nitrogen and oxygen atoms in total. The number of benzene rings is 2. The number of ether oxygens (including phenoxy) is 1. The molecule has 3 rings (SSSR count). The van der Waals surface area contributed by atoms with Gasteiger partial charge in [-0.2, -0.15) is 0 Å². The Hall–Kier alpha value is -1.38. The Kier molecular flexibility index (Phi) is 4.89. The standard InChI is InChI=1S/C19H25NO/c1-2-20-19(14-21-18-9-5-6-10-18)17-12-11-15-7-3-4-8-16(15)13-17/h3-4,7-8,11-13,18-20H,2,5-6,9-10,14H2,1H3. The molecular formula is C19H25NO. The molecule has 0 bridgehead atoms. The zero-order valence-electron chi connectivity index (χ0n) is 12.8. The highest BCUT2D eigenvalue weighted by molar-refractivity contribution is 5.83. The van der Waals surface area contributed by atoms with E-state index in [1.54, 1.807) is 0 Å². The van der Waals surface area contributed by atoms with Crippen molar-refractivity contribution in [3.63, 3.8) is 0 Å². The van der Waals surface area contributed by atoms with Gasteiger partial charge in [-0.1, -0.05) is 56.2 Å². The van der Waals surface area contributed by atoms with Crippen LogP contribution in [-0.4, -0.2) is 19.3 Å². The first kappa shape index (κ1) is 14.6. The SMILES string of the molecule is CCNC(COC1CCCC1)c1ccc2ccccc2c1. The Bertz CT molecular complexity index is 575. The molecule has 112 valence electrons. The Morgan fingerprint density at radius 3 is 2.62 bits per heavy atom. The van der Waals surface area contributed by atoms with E-state index in [2.05, 4.69) is 54.7 Å². The second-order valence-electron chi connectivity index (χ2n) is 5.96. The van der Waals surface area contributed by atoms with Gasteiger partial charge >= 0.3 is 0 Å². The van der Waals surface area contributed by atoms with Crippen molar-refractivity contribution in [1.29, 1.82) is 0 Å². The largest absolute Gasteiger partial charge is 0.376 e. The van der Waals surface area contributed by atoms with Crippen LogP contribution >= 0.6 is 0 Å². The number of rotatable bonds is 6. The number of fused-ring (bicyclic) bond motifs is 1. The van der Waals surface area contributed by atoms with Crippen LogP contribution in [0.5, 0.6) is 0 Å². The summed E-state index contributed by atoms with van der Waals surface area (Å²) in [6.07, 6.45) is 5.60. The molecule has 21 heavy (non-hydrogen) atoms. The molecule has 0 spiro atoms. The maximum Gasteiger partial charge on any atom is 0.0665 e. The third-order valence-corrected chi connectivity index (χ3v) is 4.43. The summed E-state index contributed by atoms with van der Waals surface area (Å²) in [5, 5.41) is 6.17. The van der Waals surface area contributed by atoms with Gasteiger partial charge in [0.15, 0.2) is 0 Å². The lowest BCUT2D eigenvalue weighted by Crippen LogP contribution is -2.27. The molecule has 1 unspecified atom stereocenters. The predicted octanol–water partition coefficient (Wildman–Crippen LogP) is 4.45. The van der Waals surface area contributed by atoms with Crippen LogP contribution in [-0.2, 0) is 4.74 Å². The summed E-state index contributed by atoms with van der Waals surface area (Å²) >= 11 is 0. The van der Waals surface area contributed by atoms with Crippen LogP contribution in [0.15, 0.2) is 42.5 Å². The molecule has 0 aromatic heterocycles. The summed E-state index contributed by atoms with van der Waals surface area (Å²) < 4.78 is 6.12. The molecular weight excluding hydrogens is 258 g/mol. The molecule has 2 aromatic carbocycles. The highest BCUT2D eigenvalue weighted by Crippen LogP contribution is 2.24. The minimum atomic E-state index is 0.292. The molecule has 1 aliphatic carbocycles. The Morgan fingerprint density at radius 2 is 1.86 bits per heavy atom. The number of nitrogens with one attached hydrogen (secondary N) is 1. The highest BCUT2D eigenvalue weighted by Gasteiger charge is 2.18. The van der Waals surface area contributed by atoms with Crippen molar-refractivity contribution >= 4 is 10.8 Å². The maximum atomic E-state index is 6.12. The van der Waals surface area contributed by atoms with Gasteiger partial charge in [0.05, 0.1) is 18.8 Å². The van der Waals surface area contributed by atoms with Crippen molar-refractivity contribution in [1.82, 2.24) is 5.32 Å². The molecule has 2 heteroatoms. The topological polar surface area (TPSA) is 21.3 Å². The molecule has 0 radical (unpaired) electrons. The Balaban J connectivity index is 1.74. The number of hydrogen-bond donors (Lipinski definition) is 1. The zero-order chi connectivity index (χ0) is 14.5. The number of hydrogen-bond acceptors (Lipinski definition) is 2. The van der Waals surface area contributed by atoms with E-state index in [9.17, 15) is 0 Å². The minimum Gasteiger partial charge on any atom is -0.376 e. The predicted molar refractivity (Wildman–Crippen MR) is 88.6 cm³/mol. The average molecular weight is 283 g/mol. The van der Waals surface area contributed by atoms with Crippen molar-refractivity contribution in [3.8, 4) is 0 Å². The Labute approximate surface area is 127 Å². The van der Waals surface area contributed by atoms with Crippen molar-refractivity contribution < 1.29 is 4.74 Å². The normalized spacial score (nSPS) is 17.4. The Morgan fingerprint density at radius 1 is 1.10 bits per heavy atom. The quantitative estimate of drug-likeness (QED) is 0.845. The summed E-state index contributed by atoms with van der Waals surface area (Å²) in [7, 11) is 0. The molecule has 2 aromatic rings. The van der Waals surface area contributed by atoms with Gasteiger partial charge in [-0.25, -0.2) is 0 Å². The van der Waals surface area contributed by atoms with Crippen molar-refractivity contribution in [2.45, 2.75) is 44.8 Å². The molecule has 1 saturated carbocycles. The highest BCUT2D eigenvalue weighted by atomic mass is 16.5. The van der Waals surface area contributed by atoms with E-state index in [-0.39, 0.29) is 0 Å². The third-order valence-electron chi connectivity index (χ3n) is 4.43. The van der Waals surface area contributed by atoms with Crippen LogP contribution in [0.3, 0.4) is 0 Å². The van der Waals surface area contributed by atoms with E-state index in [4.69, 9.17) is 4.74 Å². The first-order valence-electron chi connectivity index (χ1n) is 8.20. The van der Waals surface area contributed by atoms with Crippen LogP contribution in [0.25, 0.3) is 10.8 Å². The summed E-state index contributed by atoms with van der Waals surface area (Å²) in [6.45, 7) is 3.89. The number of likely N-dealkylation sites (N-methyl/N-ethyl adjacent to an activating group) is 1. The smallest absolute Gasteiger partial charge is 0.0665 e. The monoisotopic (exact) mass is 283 g/mol. The van der Waals surface area contributed by atoms with Crippen LogP contribution in [0.4, 0.5) is 0 Å². The molecule has 1 aliphatic rings. The fraction of sp³-hybridized carbons (Fsp3) is 0.474. The summed E-state index contributed by atoms with van der Waals surface area (Å²) in [5.41, 5.74) is 1.33. The van der Waals surface area contributed by atoms with Gasteiger partial charge in [0.25, 0.3) is 0 Å². The minimum absolute atomic E-state index is 0.292. The third kappa shape index (κ3) is 3.63. The van der Waals surface area contributed by atoms with Crippen LogP contribution in [0, 0.1) is 0 Å². The van der Waals surface area contributed by atoms with Gasteiger partial charge in [-0.05, 0) is 41.8 Å². The van der Waals surface area contributed by atoms with Crippen molar-refractivity contribution in [3.05, 3.63) is 48.0 Å². The van der Waals surface area contributed by atoms with E-state index in [0.29, 0.717) is 12.1 Å². The fourth-order valence-corrected chi connectivity index (χ4v) is 3.23. The second kappa shape index (κ2) is 7.06. The average Bonchev–Trinajstić information content (AvgIpc) is 3.04. The van der Waals surface area contributed by atoms with Gasteiger partial charge < -0.3 is 10.1 Å². The van der Waals surface area contributed by atoms with Gasteiger partial charge in [-0.15, -0.1) is 0 Å². The molecule has 0 heterocycles. The molecule has 0 amide bonds. The van der Waals surface area contributed by atoms with Crippen LogP contribution < -0.4 is 5.32 Å². The van der Waals surface area contributed by atoms with E-state index < -0.39 is 0 Å². The summed E-state index contributed by atoms with van der Waals surface area (Å²) in [6, 6.07) is 15.6. The first-order chi connectivity index (χ1) is 10.4. The lowest BCUT2D eigenvalue weighted by molar-refractivity contribution is 0.0429. The van der Waals surface area contributed by atoms with Crippen LogP contribution in [0.2, 0.25) is 0 Å². The summed E-state index contributed by atoms with van der Waals surface area (Å²) in [4.78, 5) is 0. The fourth-order valence-electron chi connectivity index (χ4n) is 3.23. The van der Waals surface area contributed by atoms with E-state index in [0.717, 1.165) is 13.2 Å². The zero-order valence-corrected chi connectivity index (χ0v) is 12.8. The van der Waals surface area contributed by atoms with Gasteiger partial charge in [-0.3, -0.25) is 0 Å². The van der Waals surface area contributed by atoms with E-state index in [1.165, 1.54) is 42.0 Å². The van der Waals surface area contributed by atoms with Crippen molar-refractivity contribution in [2.24, 2.45) is 0 Å². The molecule has 1 N–H and O–H groups in total. The maximum absolute atomic E-state index is 6.12. The molecule has 0 aliphatic heterocycles.